The van der Waals surface area contributed by atoms with E-state index >= 15 is 0 Å². The first-order valence-electron chi connectivity index (χ1n) is 8.92. The lowest BCUT2D eigenvalue weighted by atomic mass is 10.1. The number of aromatic nitrogens is 4. The Kier molecular flexibility index (Phi) is 4.91. The number of anilines is 1. The van der Waals surface area contributed by atoms with Gasteiger partial charge in [0, 0.05) is 38.8 Å². The van der Waals surface area contributed by atoms with Crippen LogP contribution < -0.4 is 9.64 Å². The SMILES string of the molecule is COC[C@H](C)Oc1ccc2[nH]nc(-c3cc(N4CC(OC)C4)ncn3)c2c1. The summed E-state index contributed by atoms with van der Waals surface area (Å²) in [4.78, 5) is 11.0. The van der Waals surface area contributed by atoms with E-state index in [1.54, 1.807) is 20.5 Å². The Balaban J connectivity index is 1.61. The third kappa shape index (κ3) is 3.58. The minimum absolute atomic E-state index is 0.0337. The van der Waals surface area contributed by atoms with Crippen LogP contribution in [0.4, 0.5) is 5.82 Å². The molecule has 0 bridgehead atoms. The summed E-state index contributed by atoms with van der Waals surface area (Å²) in [5, 5.41) is 8.48. The molecule has 1 aromatic carbocycles. The van der Waals surface area contributed by atoms with Gasteiger partial charge in [-0.05, 0) is 25.1 Å². The molecule has 3 aromatic rings. The Bertz CT molecular complexity index is 923. The topological polar surface area (TPSA) is 85.4 Å². The Morgan fingerprint density at radius 2 is 2.07 bits per heavy atom. The predicted molar refractivity (Wildman–Crippen MR) is 102 cm³/mol. The van der Waals surface area contributed by atoms with E-state index in [-0.39, 0.29) is 12.2 Å². The maximum absolute atomic E-state index is 5.91. The number of rotatable bonds is 7. The summed E-state index contributed by atoms with van der Waals surface area (Å²) in [5.74, 6) is 1.65. The molecule has 4 rings (SSSR count). The van der Waals surface area contributed by atoms with Gasteiger partial charge < -0.3 is 19.1 Å². The fourth-order valence-corrected chi connectivity index (χ4v) is 3.19. The zero-order chi connectivity index (χ0) is 18.8. The summed E-state index contributed by atoms with van der Waals surface area (Å²) in [6, 6.07) is 7.82. The van der Waals surface area contributed by atoms with Gasteiger partial charge in [0.2, 0.25) is 0 Å². The maximum atomic E-state index is 5.91. The van der Waals surface area contributed by atoms with Crippen molar-refractivity contribution < 1.29 is 14.2 Å². The molecule has 27 heavy (non-hydrogen) atoms. The van der Waals surface area contributed by atoms with Crippen LogP contribution in [0.25, 0.3) is 22.3 Å². The van der Waals surface area contributed by atoms with Gasteiger partial charge in [0.05, 0.1) is 23.9 Å². The lowest BCUT2D eigenvalue weighted by molar-refractivity contribution is 0.0783. The largest absolute Gasteiger partial charge is 0.488 e. The summed E-state index contributed by atoms with van der Waals surface area (Å²) in [5.41, 5.74) is 2.48. The van der Waals surface area contributed by atoms with E-state index in [1.165, 1.54) is 0 Å². The van der Waals surface area contributed by atoms with Crippen LogP contribution in [0.15, 0.2) is 30.6 Å². The number of H-pyrrole nitrogens is 1. The summed E-state index contributed by atoms with van der Waals surface area (Å²) in [6.07, 6.45) is 1.81. The summed E-state index contributed by atoms with van der Waals surface area (Å²) >= 11 is 0. The molecule has 3 heterocycles. The smallest absolute Gasteiger partial charge is 0.132 e. The zero-order valence-electron chi connectivity index (χ0n) is 15.7. The number of nitrogens with zero attached hydrogens (tertiary/aromatic N) is 4. The highest BCUT2D eigenvalue weighted by Gasteiger charge is 2.28. The minimum atomic E-state index is -0.0337. The first-order chi connectivity index (χ1) is 13.2. The Morgan fingerprint density at radius 3 is 2.85 bits per heavy atom. The first kappa shape index (κ1) is 17.7. The molecule has 1 N–H and O–H groups in total. The molecule has 1 aliphatic heterocycles. The zero-order valence-corrected chi connectivity index (χ0v) is 15.7. The van der Waals surface area contributed by atoms with Gasteiger partial charge in [0.1, 0.15) is 29.7 Å². The molecule has 142 valence electrons. The van der Waals surface area contributed by atoms with Gasteiger partial charge in [-0.15, -0.1) is 0 Å². The highest BCUT2D eigenvalue weighted by atomic mass is 16.5. The van der Waals surface area contributed by atoms with Crippen molar-refractivity contribution in [1.29, 1.82) is 0 Å². The molecule has 0 aliphatic carbocycles. The molecular formula is C19H23N5O3. The van der Waals surface area contributed by atoms with Gasteiger partial charge in [0.25, 0.3) is 0 Å². The van der Waals surface area contributed by atoms with E-state index in [1.807, 2.05) is 31.2 Å². The minimum Gasteiger partial charge on any atom is -0.488 e. The molecule has 8 nitrogen and oxygen atoms in total. The van der Waals surface area contributed by atoms with Gasteiger partial charge in [-0.2, -0.15) is 5.10 Å². The number of nitrogens with one attached hydrogen (secondary N) is 1. The Hall–Kier alpha value is -2.71. The second-order valence-electron chi connectivity index (χ2n) is 6.69. The van der Waals surface area contributed by atoms with Gasteiger partial charge in [0.15, 0.2) is 0 Å². The molecular weight excluding hydrogens is 346 g/mol. The van der Waals surface area contributed by atoms with Crippen molar-refractivity contribution in [1.82, 2.24) is 20.2 Å². The number of hydrogen-bond donors (Lipinski definition) is 1. The normalized spacial score (nSPS) is 15.7. The monoisotopic (exact) mass is 369 g/mol. The third-order valence-corrected chi connectivity index (χ3v) is 4.67. The molecule has 1 fully saturated rings. The number of fused-ring (bicyclic) bond motifs is 1. The molecule has 0 amide bonds. The molecule has 0 unspecified atom stereocenters. The van der Waals surface area contributed by atoms with Crippen LogP contribution >= 0.6 is 0 Å². The second-order valence-corrected chi connectivity index (χ2v) is 6.69. The molecule has 1 saturated heterocycles. The van der Waals surface area contributed by atoms with Crippen molar-refractivity contribution in [3.05, 3.63) is 30.6 Å². The fraction of sp³-hybridized carbons (Fsp3) is 0.421. The Morgan fingerprint density at radius 1 is 1.22 bits per heavy atom. The van der Waals surface area contributed by atoms with Gasteiger partial charge in [-0.3, -0.25) is 5.10 Å². The van der Waals surface area contributed by atoms with E-state index in [4.69, 9.17) is 14.2 Å². The van der Waals surface area contributed by atoms with E-state index in [2.05, 4.69) is 25.1 Å². The van der Waals surface area contributed by atoms with Crippen LogP contribution in [0.2, 0.25) is 0 Å². The van der Waals surface area contributed by atoms with Crippen LogP contribution in [0, 0.1) is 0 Å². The standard InChI is InChI=1S/C19H23N5O3/c1-12(10-25-2)27-13-4-5-16-15(6-13)19(23-22-16)17-7-18(21-11-20-17)24-8-14(9-24)26-3/h4-7,11-12,14H,8-10H2,1-3H3,(H,22,23)/t12-/m0/s1. The molecule has 8 heteroatoms. The van der Waals surface area contributed by atoms with Crippen molar-refractivity contribution in [3.63, 3.8) is 0 Å². The van der Waals surface area contributed by atoms with Gasteiger partial charge >= 0.3 is 0 Å². The quantitative estimate of drug-likeness (QED) is 0.684. The van der Waals surface area contributed by atoms with E-state index < -0.39 is 0 Å². The molecule has 1 atom stereocenters. The number of hydrogen-bond acceptors (Lipinski definition) is 7. The van der Waals surface area contributed by atoms with Gasteiger partial charge in [-0.1, -0.05) is 0 Å². The van der Waals surface area contributed by atoms with Gasteiger partial charge in [-0.25, -0.2) is 9.97 Å². The van der Waals surface area contributed by atoms with Crippen molar-refractivity contribution in [2.75, 3.05) is 38.8 Å². The van der Waals surface area contributed by atoms with Crippen molar-refractivity contribution in [3.8, 4) is 17.1 Å². The highest BCUT2D eigenvalue weighted by Crippen LogP contribution is 2.30. The third-order valence-electron chi connectivity index (χ3n) is 4.67. The van der Waals surface area contributed by atoms with Crippen LogP contribution in [0.1, 0.15) is 6.92 Å². The molecule has 0 saturated carbocycles. The average molecular weight is 369 g/mol. The lowest BCUT2D eigenvalue weighted by Gasteiger charge is -2.38. The second kappa shape index (κ2) is 7.50. The van der Waals surface area contributed by atoms with Crippen molar-refractivity contribution in [2.45, 2.75) is 19.1 Å². The molecule has 1 aliphatic rings. The number of ether oxygens (including phenoxy) is 3. The molecule has 0 spiro atoms. The highest BCUT2D eigenvalue weighted by molar-refractivity contribution is 5.93. The van der Waals surface area contributed by atoms with Crippen molar-refractivity contribution in [2.24, 2.45) is 0 Å². The number of aromatic amines is 1. The summed E-state index contributed by atoms with van der Waals surface area (Å²) in [7, 11) is 3.40. The molecule has 0 radical (unpaired) electrons. The van der Waals surface area contributed by atoms with Crippen LogP contribution in [0.5, 0.6) is 5.75 Å². The van der Waals surface area contributed by atoms with E-state index in [0.717, 1.165) is 46.9 Å². The maximum Gasteiger partial charge on any atom is 0.132 e. The Labute approximate surface area is 157 Å². The summed E-state index contributed by atoms with van der Waals surface area (Å²) < 4.78 is 16.4. The molecule has 2 aromatic heterocycles. The van der Waals surface area contributed by atoms with Crippen LogP contribution in [0.3, 0.4) is 0 Å². The van der Waals surface area contributed by atoms with E-state index in [0.29, 0.717) is 6.61 Å². The van der Waals surface area contributed by atoms with Crippen LogP contribution in [-0.2, 0) is 9.47 Å². The summed E-state index contributed by atoms with van der Waals surface area (Å²) in [6.45, 7) is 4.18. The van der Waals surface area contributed by atoms with Crippen LogP contribution in [-0.4, -0.2) is 66.3 Å². The van der Waals surface area contributed by atoms with Crippen molar-refractivity contribution >= 4 is 16.7 Å². The average Bonchev–Trinajstić information content (AvgIpc) is 3.04. The first-order valence-corrected chi connectivity index (χ1v) is 8.92. The number of benzene rings is 1. The lowest BCUT2D eigenvalue weighted by Crippen LogP contribution is -2.52. The number of methoxy groups -OCH3 is 2. The van der Waals surface area contributed by atoms with E-state index in [9.17, 15) is 0 Å². The predicted octanol–water partition coefficient (Wildman–Crippen LogP) is 2.27. The fourth-order valence-electron chi connectivity index (χ4n) is 3.19.